The molecule has 3 amide bonds. The maximum absolute atomic E-state index is 13.2. The van der Waals surface area contributed by atoms with E-state index in [-0.39, 0.29) is 30.4 Å². The quantitative estimate of drug-likeness (QED) is 0.531. The Hall–Kier alpha value is -4.33. The highest BCUT2D eigenvalue weighted by Crippen LogP contribution is 2.32. The van der Waals surface area contributed by atoms with Crippen molar-refractivity contribution in [2.24, 2.45) is 5.92 Å². The molecule has 1 fully saturated rings. The fourth-order valence-corrected chi connectivity index (χ4v) is 4.61. The summed E-state index contributed by atoms with van der Waals surface area (Å²) in [5.41, 5.74) is 3.40. The van der Waals surface area contributed by atoms with Crippen LogP contribution in [0.2, 0.25) is 0 Å². The maximum atomic E-state index is 13.2. The van der Waals surface area contributed by atoms with Gasteiger partial charge in [0.2, 0.25) is 12.7 Å². The van der Waals surface area contributed by atoms with Crippen LogP contribution in [-0.2, 0) is 11.3 Å². The molecular weight excluding hydrogens is 470 g/mol. The van der Waals surface area contributed by atoms with Gasteiger partial charge in [-0.1, -0.05) is 35.9 Å². The molecule has 1 atom stereocenters. The molecule has 1 saturated heterocycles. The summed E-state index contributed by atoms with van der Waals surface area (Å²) < 4.78 is 10.7. The number of ether oxygens (including phenoxy) is 2. The third-order valence-corrected chi connectivity index (χ3v) is 6.70. The number of carbonyl (C=O) groups excluding carboxylic acids is 3. The van der Waals surface area contributed by atoms with Gasteiger partial charge in [0, 0.05) is 25.2 Å². The van der Waals surface area contributed by atoms with Crippen LogP contribution in [0.25, 0.3) is 0 Å². The first-order valence-electron chi connectivity index (χ1n) is 12.4. The lowest BCUT2D eigenvalue weighted by Gasteiger charge is -2.32. The number of rotatable bonds is 6. The number of aryl methyl sites for hydroxylation is 1. The normalized spacial score (nSPS) is 16.2. The van der Waals surface area contributed by atoms with E-state index in [9.17, 15) is 14.4 Å². The second-order valence-corrected chi connectivity index (χ2v) is 9.36. The number of benzene rings is 3. The molecule has 0 saturated carbocycles. The van der Waals surface area contributed by atoms with Crippen molar-refractivity contribution in [3.05, 3.63) is 89.0 Å². The Bertz CT molecular complexity index is 1320. The zero-order chi connectivity index (χ0) is 25.8. The number of carbonyl (C=O) groups is 3. The molecule has 0 spiro atoms. The van der Waals surface area contributed by atoms with Crippen LogP contribution in [0.3, 0.4) is 0 Å². The zero-order valence-corrected chi connectivity index (χ0v) is 20.7. The Balaban J connectivity index is 1.21. The van der Waals surface area contributed by atoms with E-state index in [0.717, 1.165) is 17.5 Å². The lowest BCUT2D eigenvalue weighted by atomic mass is 9.96. The van der Waals surface area contributed by atoms with Crippen LogP contribution in [0, 0.1) is 12.8 Å². The highest BCUT2D eigenvalue weighted by Gasteiger charge is 2.29. The summed E-state index contributed by atoms with van der Waals surface area (Å²) in [5, 5.41) is 5.83. The lowest BCUT2D eigenvalue weighted by molar-refractivity contribution is -0.121. The largest absolute Gasteiger partial charge is 0.454 e. The van der Waals surface area contributed by atoms with Gasteiger partial charge in [-0.05, 0) is 61.7 Å². The number of hydrogen-bond donors (Lipinski definition) is 2. The molecule has 3 aromatic carbocycles. The molecule has 3 aromatic rings. The van der Waals surface area contributed by atoms with Gasteiger partial charge in [0.1, 0.15) is 0 Å². The van der Waals surface area contributed by atoms with Gasteiger partial charge in [-0.15, -0.1) is 0 Å². The molecule has 2 heterocycles. The van der Waals surface area contributed by atoms with Crippen LogP contribution in [0.15, 0.2) is 66.7 Å². The third kappa shape index (κ3) is 5.58. The van der Waals surface area contributed by atoms with Gasteiger partial charge < -0.3 is 25.0 Å². The van der Waals surface area contributed by atoms with Gasteiger partial charge in [0.15, 0.2) is 11.5 Å². The van der Waals surface area contributed by atoms with Crippen LogP contribution < -0.4 is 20.1 Å². The molecular formula is C29H29N3O5. The molecule has 0 aromatic heterocycles. The number of likely N-dealkylation sites (tertiary alicyclic amines) is 1. The van der Waals surface area contributed by atoms with E-state index in [1.54, 1.807) is 29.2 Å². The molecule has 0 radical (unpaired) electrons. The topological polar surface area (TPSA) is 97.0 Å². The molecule has 1 unspecified atom stereocenters. The highest BCUT2D eigenvalue weighted by atomic mass is 16.7. The van der Waals surface area contributed by atoms with Gasteiger partial charge >= 0.3 is 0 Å². The molecule has 8 heteroatoms. The van der Waals surface area contributed by atoms with Crippen LogP contribution in [0.5, 0.6) is 11.5 Å². The predicted octanol–water partition coefficient (Wildman–Crippen LogP) is 4.14. The van der Waals surface area contributed by atoms with Crippen LogP contribution in [0.4, 0.5) is 5.69 Å². The Morgan fingerprint density at radius 3 is 2.59 bits per heavy atom. The van der Waals surface area contributed by atoms with Crippen molar-refractivity contribution in [3.8, 4) is 11.5 Å². The summed E-state index contributed by atoms with van der Waals surface area (Å²) in [6, 6.07) is 19.9. The zero-order valence-electron chi connectivity index (χ0n) is 20.7. The highest BCUT2D eigenvalue weighted by molar-refractivity contribution is 6.04. The van der Waals surface area contributed by atoms with Crippen LogP contribution in [0.1, 0.15) is 44.7 Å². The van der Waals surface area contributed by atoms with Gasteiger partial charge in [-0.2, -0.15) is 0 Å². The monoisotopic (exact) mass is 499 g/mol. The summed E-state index contributed by atoms with van der Waals surface area (Å²) in [6.07, 6.45) is 1.43. The van der Waals surface area contributed by atoms with Crippen molar-refractivity contribution in [2.75, 3.05) is 25.2 Å². The first kappa shape index (κ1) is 24.4. The van der Waals surface area contributed by atoms with Crippen molar-refractivity contribution in [2.45, 2.75) is 26.3 Å². The number of nitrogens with zero attached hydrogens (tertiary/aromatic N) is 1. The van der Waals surface area contributed by atoms with E-state index in [1.807, 2.05) is 49.4 Å². The minimum absolute atomic E-state index is 0.0687. The average Bonchev–Trinajstić information content (AvgIpc) is 3.40. The van der Waals surface area contributed by atoms with Crippen molar-refractivity contribution in [1.29, 1.82) is 0 Å². The standard InChI is InChI=1S/C29H29N3O5/c1-19-8-11-21(12-9-19)29(35)32-14-4-5-22(17-32)27(33)31-24-7-3-2-6-23(24)28(34)30-16-20-10-13-25-26(15-20)37-18-36-25/h2-3,6-13,15,22H,4-5,14,16-18H2,1H3,(H,30,34)(H,31,33). The van der Waals surface area contributed by atoms with Crippen molar-refractivity contribution < 1.29 is 23.9 Å². The van der Waals surface area contributed by atoms with E-state index in [0.29, 0.717) is 54.4 Å². The number of anilines is 1. The molecule has 2 aliphatic rings. The molecule has 0 aliphatic carbocycles. The smallest absolute Gasteiger partial charge is 0.253 e. The Labute approximate surface area is 215 Å². The second-order valence-electron chi connectivity index (χ2n) is 9.36. The molecule has 8 nitrogen and oxygen atoms in total. The first-order valence-corrected chi connectivity index (χ1v) is 12.4. The third-order valence-electron chi connectivity index (χ3n) is 6.70. The van der Waals surface area contributed by atoms with Gasteiger partial charge in [-0.25, -0.2) is 0 Å². The minimum atomic E-state index is -0.354. The van der Waals surface area contributed by atoms with Gasteiger partial charge in [0.05, 0.1) is 17.2 Å². The SMILES string of the molecule is Cc1ccc(C(=O)N2CCCC(C(=O)Nc3ccccc3C(=O)NCc3ccc4c(c3)OCO4)C2)cc1. The number of piperidine rings is 1. The molecule has 5 rings (SSSR count). The maximum Gasteiger partial charge on any atom is 0.253 e. The first-order chi connectivity index (χ1) is 18.0. The summed E-state index contributed by atoms with van der Waals surface area (Å²) in [6.45, 7) is 3.44. The van der Waals surface area contributed by atoms with E-state index >= 15 is 0 Å². The Morgan fingerprint density at radius 2 is 1.76 bits per heavy atom. The van der Waals surface area contributed by atoms with Gasteiger partial charge in [0.25, 0.3) is 11.8 Å². The number of hydrogen-bond acceptors (Lipinski definition) is 5. The Kier molecular flexibility index (Phi) is 7.07. The van der Waals surface area contributed by atoms with Crippen LogP contribution >= 0.6 is 0 Å². The molecule has 190 valence electrons. The fourth-order valence-electron chi connectivity index (χ4n) is 4.61. The Morgan fingerprint density at radius 1 is 0.973 bits per heavy atom. The van der Waals surface area contributed by atoms with Crippen molar-refractivity contribution >= 4 is 23.4 Å². The van der Waals surface area contributed by atoms with E-state index in [2.05, 4.69) is 10.6 Å². The molecule has 37 heavy (non-hydrogen) atoms. The van der Waals surface area contributed by atoms with E-state index < -0.39 is 0 Å². The van der Waals surface area contributed by atoms with Crippen molar-refractivity contribution in [3.63, 3.8) is 0 Å². The van der Waals surface area contributed by atoms with Crippen molar-refractivity contribution in [1.82, 2.24) is 10.2 Å². The molecule has 0 bridgehead atoms. The number of amides is 3. The van der Waals surface area contributed by atoms with E-state index in [1.165, 1.54) is 0 Å². The van der Waals surface area contributed by atoms with Crippen LogP contribution in [-0.4, -0.2) is 42.5 Å². The molecule has 2 aliphatic heterocycles. The number of fused-ring (bicyclic) bond motifs is 1. The van der Waals surface area contributed by atoms with Gasteiger partial charge in [-0.3, -0.25) is 14.4 Å². The lowest BCUT2D eigenvalue weighted by Crippen LogP contribution is -2.43. The fraction of sp³-hybridized carbons (Fsp3) is 0.276. The predicted molar refractivity (Wildman–Crippen MR) is 139 cm³/mol. The number of nitrogens with one attached hydrogen (secondary N) is 2. The summed E-state index contributed by atoms with van der Waals surface area (Å²) in [4.78, 5) is 40.9. The summed E-state index contributed by atoms with van der Waals surface area (Å²) in [5.74, 6) is 0.422. The summed E-state index contributed by atoms with van der Waals surface area (Å²) >= 11 is 0. The summed E-state index contributed by atoms with van der Waals surface area (Å²) in [7, 11) is 0. The second kappa shape index (κ2) is 10.7. The average molecular weight is 500 g/mol. The molecule has 2 N–H and O–H groups in total. The number of para-hydroxylation sites is 1. The van der Waals surface area contributed by atoms with E-state index in [4.69, 9.17) is 9.47 Å². The minimum Gasteiger partial charge on any atom is -0.454 e.